The summed E-state index contributed by atoms with van der Waals surface area (Å²) in [6.07, 6.45) is 0. The Morgan fingerprint density at radius 2 is 2.25 bits per heavy atom. The molecule has 102 valence electrons. The van der Waals surface area contributed by atoms with Gasteiger partial charge in [-0.05, 0) is 36.1 Å². The number of rotatable bonds is 2. The van der Waals surface area contributed by atoms with Gasteiger partial charge in [0.05, 0.1) is 11.3 Å². The molecule has 5 heteroatoms. The highest BCUT2D eigenvalue weighted by atomic mass is 35.5. The molecule has 1 heterocycles. The lowest BCUT2D eigenvalue weighted by Gasteiger charge is -2.08. The third kappa shape index (κ3) is 3.40. The fraction of sp³-hybridized carbons (Fsp3) is 0.133. The molecule has 3 nitrogen and oxygen atoms in total. The third-order valence-electron chi connectivity index (χ3n) is 2.63. The van der Waals surface area contributed by atoms with Crippen LogP contribution in [-0.4, -0.2) is 17.6 Å². The normalized spacial score (nSPS) is 9.75. The number of thiophene rings is 1. The van der Waals surface area contributed by atoms with Gasteiger partial charge in [-0.3, -0.25) is 4.79 Å². The maximum absolute atomic E-state index is 12.2. The lowest BCUT2D eigenvalue weighted by molar-refractivity contribution is 0.102. The Hall–Kier alpha value is -1.80. The first kappa shape index (κ1) is 14.6. The zero-order valence-corrected chi connectivity index (χ0v) is 12.3. The number of aliphatic hydroxyl groups excluding tert-OH is 1. The number of carbonyl (C=O) groups is 1. The van der Waals surface area contributed by atoms with Gasteiger partial charge in [-0.15, -0.1) is 0 Å². The molecule has 0 aliphatic carbocycles. The monoisotopic (exact) mass is 305 g/mol. The van der Waals surface area contributed by atoms with Crippen LogP contribution in [0.25, 0.3) is 0 Å². The highest BCUT2D eigenvalue weighted by Gasteiger charge is 2.12. The molecule has 0 radical (unpaired) electrons. The lowest BCUT2D eigenvalue weighted by Crippen LogP contribution is -2.13. The molecular weight excluding hydrogens is 294 g/mol. The number of hydrogen-bond acceptors (Lipinski definition) is 3. The van der Waals surface area contributed by atoms with Crippen LogP contribution in [0.5, 0.6) is 0 Å². The van der Waals surface area contributed by atoms with E-state index in [9.17, 15) is 4.79 Å². The molecule has 2 aromatic rings. The Labute approximate surface area is 126 Å². The Morgan fingerprint density at radius 1 is 1.45 bits per heavy atom. The average Bonchev–Trinajstić information content (AvgIpc) is 2.84. The summed E-state index contributed by atoms with van der Waals surface area (Å²) >= 11 is 7.42. The number of aryl methyl sites for hydroxylation is 1. The molecule has 2 N–H and O–H groups in total. The van der Waals surface area contributed by atoms with E-state index < -0.39 is 0 Å². The van der Waals surface area contributed by atoms with Crippen LogP contribution < -0.4 is 5.32 Å². The Bertz CT molecular complexity index is 697. The first-order chi connectivity index (χ1) is 9.61. The van der Waals surface area contributed by atoms with E-state index in [2.05, 4.69) is 17.2 Å². The summed E-state index contributed by atoms with van der Waals surface area (Å²) < 4.78 is 0. The molecule has 0 bridgehead atoms. The molecule has 0 spiro atoms. The van der Waals surface area contributed by atoms with Gasteiger partial charge in [-0.1, -0.05) is 23.4 Å². The average molecular weight is 306 g/mol. The molecule has 2 rings (SSSR count). The number of anilines is 1. The summed E-state index contributed by atoms with van der Waals surface area (Å²) in [6.45, 7) is 1.65. The molecule has 1 aromatic heterocycles. The summed E-state index contributed by atoms with van der Waals surface area (Å²) in [5.74, 6) is 5.15. The first-order valence-electron chi connectivity index (χ1n) is 5.85. The molecule has 20 heavy (non-hydrogen) atoms. The zero-order chi connectivity index (χ0) is 14.5. The highest BCUT2D eigenvalue weighted by molar-refractivity contribution is 7.08. The Balaban J connectivity index is 2.31. The number of aliphatic hydroxyl groups is 1. The van der Waals surface area contributed by atoms with Gasteiger partial charge in [0.1, 0.15) is 6.61 Å². The van der Waals surface area contributed by atoms with E-state index in [4.69, 9.17) is 16.7 Å². The molecule has 0 saturated carbocycles. The van der Waals surface area contributed by atoms with Crippen molar-refractivity contribution in [1.82, 2.24) is 0 Å². The van der Waals surface area contributed by atoms with Crippen molar-refractivity contribution >= 4 is 34.5 Å². The van der Waals surface area contributed by atoms with Crippen LogP contribution in [0, 0.1) is 18.8 Å². The molecule has 0 aliphatic rings. The second kappa shape index (κ2) is 6.58. The molecule has 0 atom stereocenters. The number of halogens is 1. The van der Waals surface area contributed by atoms with Crippen molar-refractivity contribution in [2.75, 3.05) is 11.9 Å². The van der Waals surface area contributed by atoms with Crippen molar-refractivity contribution in [3.05, 3.63) is 50.7 Å². The van der Waals surface area contributed by atoms with Gasteiger partial charge in [0.15, 0.2) is 0 Å². The summed E-state index contributed by atoms with van der Waals surface area (Å²) in [5.41, 5.74) is 2.72. The van der Waals surface area contributed by atoms with Gasteiger partial charge < -0.3 is 10.4 Å². The summed E-state index contributed by atoms with van der Waals surface area (Å²) in [6, 6.07) is 5.04. The molecule has 1 amide bonds. The molecule has 1 aromatic carbocycles. The SMILES string of the molecule is Cc1cscc1C(=O)Nc1cc(Cl)ccc1C#CCO. The van der Waals surface area contributed by atoms with Crippen LogP contribution in [0.4, 0.5) is 5.69 Å². The number of nitrogens with one attached hydrogen (secondary N) is 1. The van der Waals surface area contributed by atoms with Crippen LogP contribution in [0.2, 0.25) is 5.02 Å². The summed E-state index contributed by atoms with van der Waals surface area (Å²) in [7, 11) is 0. The quantitative estimate of drug-likeness (QED) is 0.836. The van der Waals surface area contributed by atoms with Crippen molar-refractivity contribution in [3.8, 4) is 11.8 Å². The fourth-order valence-electron chi connectivity index (χ4n) is 1.65. The van der Waals surface area contributed by atoms with Crippen molar-refractivity contribution in [1.29, 1.82) is 0 Å². The van der Waals surface area contributed by atoms with E-state index >= 15 is 0 Å². The zero-order valence-electron chi connectivity index (χ0n) is 10.7. The van der Waals surface area contributed by atoms with Gasteiger partial charge in [0, 0.05) is 16.0 Å². The van der Waals surface area contributed by atoms with E-state index in [1.54, 1.807) is 23.6 Å². The van der Waals surface area contributed by atoms with E-state index in [1.807, 2.05) is 12.3 Å². The van der Waals surface area contributed by atoms with Gasteiger partial charge in [0.25, 0.3) is 5.91 Å². The van der Waals surface area contributed by atoms with Crippen LogP contribution in [0.1, 0.15) is 21.5 Å². The van der Waals surface area contributed by atoms with Crippen LogP contribution >= 0.6 is 22.9 Å². The summed E-state index contributed by atoms with van der Waals surface area (Å²) in [5, 5.41) is 15.8. The second-order valence-corrected chi connectivity index (χ2v) is 5.25. The first-order valence-corrected chi connectivity index (χ1v) is 7.17. The van der Waals surface area contributed by atoms with Gasteiger partial charge in [-0.2, -0.15) is 11.3 Å². The van der Waals surface area contributed by atoms with Crippen LogP contribution in [0.15, 0.2) is 29.0 Å². The van der Waals surface area contributed by atoms with E-state index in [1.165, 1.54) is 11.3 Å². The predicted molar refractivity (Wildman–Crippen MR) is 82.4 cm³/mol. The lowest BCUT2D eigenvalue weighted by atomic mass is 10.1. The van der Waals surface area contributed by atoms with Gasteiger partial charge >= 0.3 is 0 Å². The van der Waals surface area contributed by atoms with Crippen molar-refractivity contribution in [2.45, 2.75) is 6.92 Å². The smallest absolute Gasteiger partial charge is 0.256 e. The van der Waals surface area contributed by atoms with Crippen molar-refractivity contribution in [2.24, 2.45) is 0 Å². The van der Waals surface area contributed by atoms with Gasteiger partial charge in [-0.25, -0.2) is 0 Å². The maximum Gasteiger partial charge on any atom is 0.256 e. The van der Waals surface area contributed by atoms with Crippen molar-refractivity contribution in [3.63, 3.8) is 0 Å². The highest BCUT2D eigenvalue weighted by Crippen LogP contribution is 2.22. The fourth-order valence-corrected chi connectivity index (χ4v) is 2.65. The van der Waals surface area contributed by atoms with E-state index in [-0.39, 0.29) is 12.5 Å². The van der Waals surface area contributed by atoms with Crippen molar-refractivity contribution < 1.29 is 9.90 Å². The van der Waals surface area contributed by atoms with E-state index in [0.717, 1.165) is 5.56 Å². The summed E-state index contributed by atoms with van der Waals surface area (Å²) in [4.78, 5) is 12.2. The van der Waals surface area contributed by atoms with Crippen LogP contribution in [0.3, 0.4) is 0 Å². The number of hydrogen-bond donors (Lipinski definition) is 2. The molecule has 0 fully saturated rings. The maximum atomic E-state index is 12.2. The number of benzene rings is 1. The minimum atomic E-state index is -0.236. The standard InChI is InChI=1S/C15H12ClNO2S/c1-10-8-20-9-13(10)15(19)17-14-7-12(16)5-4-11(14)3-2-6-18/h4-5,7-9,18H,6H2,1H3,(H,17,19). The molecule has 0 aliphatic heterocycles. The Kier molecular flexibility index (Phi) is 4.80. The largest absolute Gasteiger partial charge is 0.384 e. The molecule has 0 saturated heterocycles. The topological polar surface area (TPSA) is 49.3 Å². The number of carbonyl (C=O) groups excluding carboxylic acids is 1. The molecule has 0 unspecified atom stereocenters. The number of amides is 1. The second-order valence-electron chi connectivity index (χ2n) is 4.07. The minimum Gasteiger partial charge on any atom is -0.384 e. The Morgan fingerprint density at radius 3 is 2.90 bits per heavy atom. The van der Waals surface area contributed by atoms with Crippen LogP contribution in [-0.2, 0) is 0 Å². The predicted octanol–water partition coefficient (Wildman–Crippen LogP) is 3.31. The van der Waals surface area contributed by atoms with E-state index in [0.29, 0.717) is 21.8 Å². The third-order valence-corrected chi connectivity index (χ3v) is 3.73. The minimum absolute atomic E-state index is 0.196. The van der Waals surface area contributed by atoms with Gasteiger partial charge in [0.2, 0.25) is 0 Å². The molecular formula is C15H12ClNO2S.